The van der Waals surface area contributed by atoms with Crippen molar-refractivity contribution in [2.45, 2.75) is 40.2 Å². The van der Waals surface area contributed by atoms with E-state index in [0.29, 0.717) is 0 Å². The Bertz CT molecular complexity index is 502. The maximum atomic E-state index is 5.53. The van der Waals surface area contributed by atoms with Crippen LogP contribution in [0.1, 0.15) is 36.4 Å². The third-order valence-electron chi connectivity index (χ3n) is 2.86. The van der Waals surface area contributed by atoms with Crippen molar-refractivity contribution in [2.75, 3.05) is 6.54 Å². The van der Waals surface area contributed by atoms with Crippen LogP contribution in [-0.4, -0.2) is 11.5 Å². The molecule has 0 atom stereocenters. The van der Waals surface area contributed by atoms with Crippen molar-refractivity contribution < 1.29 is 4.42 Å². The molecule has 4 heteroatoms. The lowest BCUT2D eigenvalue weighted by Gasteiger charge is -2.00. The number of aromatic nitrogens is 1. The van der Waals surface area contributed by atoms with Gasteiger partial charge < -0.3 is 9.73 Å². The van der Waals surface area contributed by atoms with Crippen molar-refractivity contribution in [3.63, 3.8) is 0 Å². The summed E-state index contributed by atoms with van der Waals surface area (Å²) in [5.74, 6) is 0.917. The first kappa shape index (κ1) is 13.3. The first-order chi connectivity index (χ1) is 8.76. The summed E-state index contributed by atoms with van der Waals surface area (Å²) in [6.07, 6.45) is 3.89. The number of thiazole rings is 1. The fourth-order valence-corrected chi connectivity index (χ4v) is 3.01. The summed E-state index contributed by atoms with van der Waals surface area (Å²) >= 11 is 1.74. The molecule has 0 bridgehead atoms. The second kappa shape index (κ2) is 6.16. The fraction of sp³-hybridized carbons (Fsp3) is 0.500. The third-order valence-corrected chi connectivity index (χ3v) is 3.95. The maximum Gasteiger partial charge on any atom is 0.165 e. The van der Waals surface area contributed by atoms with Gasteiger partial charge in [0.05, 0.1) is 12.0 Å². The van der Waals surface area contributed by atoms with E-state index in [9.17, 15) is 0 Å². The van der Waals surface area contributed by atoms with Crippen molar-refractivity contribution in [3.8, 4) is 10.8 Å². The molecule has 0 unspecified atom stereocenters. The molecule has 98 valence electrons. The van der Waals surface area contributed by atoms with Crippen molar-refractivity contribution in [1.82, 2.24) is 10.3 Å². The Kier molecular flexibility index (Phi) is 4.55. The van der Waals surface area contributed by atoms with Crippen molar-refractivity contribution in [2.24, 2.45) is 0 Å². The van der Waals surface area contributed by atoms with Gasteiger partial charge in [-0.1, -0.05) is 20.3 Å². The predicted molar refractivity (Wildman–Crippen MR) is 75.9 cm³/mol. The molecule has 0 fully saturated rings. The van der Waals surface area contributed by atoms with Crippen LogP contribution >= 0.6 is 11.3 Å². The monoisotopic (exact) mass is 264 g/mol. The van der Waals surface area contributed by atoms with Crippen molar-refractivity contribution in [3.05, 3.63) is 28.5 Å². The molecule has 18 heavy (non-hydrogen) atoms. The molecule has 0 aliphatic carbocycles. The van der Waals surface area contributed by atoms with Gasteiger partial charge >= 0.3 is 0 Å². The van der Waals surface area contributed by atoms with Gasteiger partial charge in [0.1, 0.15) is 0 Å². The van der Waals surface area contributed by atoms with Crippen LogP contribution in [0.2, 0.25) is 0 Å². The van der Waals surface area contributed by atoms with E-state index in [1.165, 1.54) is 10.6 Å². The lowest BCUT2D eigenvalue weighted by atomic mass is 10.2. The van der Waals surface area contributed by atoms with Crippen LogP contribution in [0.15, 0.2) is 16.7 Å². The van der Waals surface area contributed by atoms with E-state index in [0.717, 1.165) is 42.3 Å². The molecule has 2 rings (SSSR count). The summed E-state index contributed by atoms with van der Waals surface area (Å²) in [7, 11) is 0. The van der Waals surface area contributed by atoms with Gasteiger partial charge in [0, 0.05) is 11.4 Å². The Labute approximate surface area is 112 Å². The highest BCUT2D eigenvalue weighted by atomic mass is 32.1. The smallest absolute Gasteiger partial charge is 0.165 e. The van der Waals surface area contributed by atoms with Crippen LogP contribution in [-0.2, 0) is 13.0 Å². The van der Waals surface area contributed by atoms with Crippen LogP contribution in [0, 0.1) is 6.92 Å². The highest BCUT2D eigenvalue weighted by molar-refractivity contribution is 7.15. The SMILES string of the molecule is CCCc1nc(-c2occc2C)sc1CNCC. The first-order valence-corrected chi connectivity index (χ1v) is 7.31. The molecule has 0 saturated heterocycles. The molecule has 0 saturated carbocycles. The molecule has 0 radical (unpaired) electrons. The average Bonchev–Trinajstić information content (AvgIpc) is 2.94. The predicted octanol–water partition coefficient (Wildman–Crippen LogP) is 3.77. The number of rotatable bonds is 6. The molecule has 0 aromatic carbocycles. The summed E-state index contributed by atoms with van der Waals surface area (Å²) < 4.78 is 5.53. The minimum Gasteiger partial charge on any atom is -0.462 e. The van der Waals surface area contributed by atoms with Crippen molar-refractivity contribution in [1.29, 1.82) is 0 Å². The van der Waals surface area contributed by atoms with Gasteiger partial charge in [-0.25, -0.2) is 4.98 Å². The molecule has 3 nitrogen and oxygen atoms in total. The normalized spacial score (nSPS) is 11.1. The Hall–Kier alpha value is -1.13. The maximum absolute atomic E-state index is 5.53. The molecular formula is C14H20N2OS. The fourth-order valence-electron chi connectivity index (χ4n) is 1.88. The van der Waals surface area contributed by atoms with E-state index in [-0.39, 0.29) is 0 Å². The summed E-state index contributed by atoms with van der Waals surface area (Å²) in [6, 6.07) is 1.99. The van der Waals surface area contributed by atoms with Gasteiger partial charge in [-0.15, -0.1) is 11.3 Å². The molecule has 2 heterocycles. The zero-order valence-corrected chi connectivity index (χ0v) is 12.1. The zero-order valence-electron chi connectivity index (χ0n) is 11.2. The summed E-state index contributed by atoms with van der Waals surface area (Å²) in [4.78, 5) is 6.08. The average molecular weight is 264 g/mol. The van der Waals surface area contributed by atoms with Crippen LogP contribution < -0.4 is 5.32 Å². The number of nitrogens with one attached hydrogen (secondary N) is 1. The number of nitrogens with zero attached hydrogens (tertiary/aromatic N) is 1. The summed E-state index contributed by atoms with van der Waals surface area (Å²) in [5, 5.41) is 4.38. The van der Waals surface area contributed by atoms with E-state index in [1.807, 2.05) is 6.07 Å². The molecule has 0 amide bonds. The summed E-state index contributed by atoms with van der Waals surface area (Å²) in [6.45, 7) is 8.26. The lowest BCUT2D eigenvalue weighted by Crippen LogP contribution is -2.11. The van der Waals surface area contributed by atoms with Crippen LogP contribution in [0.3, 0.4) is 0 Å². The van der Waals surface area contributed by atoms with Gasteiger partial charge in [0.2, 0.25) is 0 Å². The number of furan rings is 1. The van der Waals surface area contributed by atoms with Gasteiger partial charge in [0.25, 0.3) is 0 Å². The van der Waals surface area contributed by atoms with E-state index >= 15 is 0 Å². The van der Waals surface area contributed by atoms with Crippen LogP contribution in [0.5, 0.6) is 0 Å². The minimum atomic E-state index is 0.906. The van der Waals surface area contributed by atoms with Gasteiger partial charge in [-0.2, -0.15) is 0 Å². The topological polar surface area (TPSA) is 38.1 Å². The Morgan fingerprint density at radius 3 is 2.83 bits per heavy atom. The van der Waals surface area contributed by atoms with Gasteiger partial charge in [0.15, 0.2) is 10.8 Å². The summed E-state index contributed by atoms with van der Waals surface area (Å²) in [5.41, 5.74) is 2.37. The molecule has 2 aromatic heterocycles. The molecule has 0 aliphatic heterocycles. The van der Waals surface area contributed by atoms with Crippen LogP contribution in [0.4, 0.5) is 0 Å². The largest absolute Gasteiger partial charge is 0.462 e. The van der Waals surface area contributed by atoms with Gasteiger partial charge in [-0.05, 0) is 31.5 Å². The standard InChI is InChI=1S/C14H20N2OS/c1-4-6-11-12(9-15-5-2)18-14(16-11)13-10(3)7-8-17-13/h7-8,15H,4-6,9H2,1-3H3. The molecule has 0 spiro atoms. The molecule has 1 N–H and O–H groups in total. The molecule has 0 aliphatic rings. The number of aryl methyl sites for hydroxylation is 2. The Balaban J connectivity index is 2.29. The first-order valence-electron chi connectivity index (χ1n) is 6.50. The van der Waals surface area contributed by atoms with E-state index in [1.54, 1.807) is 17.6 Å². The van der Waals surface area contributed by atoms with Crippen LogP contribution in [0.25, 0.3) is 10.8 Å². The minimum absolute atomic E-state index is 0.906. The highest BCUT2D eigenvalue weighted by Crippen LogP contribution is 2.31. The second-order valence-electron chi connectivity index (χ2n) is 4.35. The number of hydrogen-bond acceptors (Lipinski definition) is 4. The molecule has 2 aromatic rings. The third kappa shape index (κ3) is 2.82. The molecular weight excluding hydrogens is 244 g/mol. The lowest BCUT2D eigenvalue weighted by molar-refractivity contribution is 0.580. The van der Waals surface area contributed by atoms with E-state index < -0.39 is 0 Å². The van der Waals surface area contributed by atoms with E-state index in [2.05, 4.69) is 26.1 Å². The van der Waals surface area contributed by atoms with E-state index in [4.69, 9.17) is 9.40 Å². The highest BCUT2D eigenvalue weighted by Gasteiger charge is 2.15. The van der Waals surface area contributed by atoms with Crippen molar-refractivity contribution >= 4 is 11.3 Å². The Morgan fingerprint density at radius 2 is 2.22 bits per heavy atom. The second-order valence-corrected chi connectivity index (χ2v) is 5.44. The number of hydrogen-bond donors (Lipinski definition) is 1. The quantitative estimate of drug-likeness (QED) is 0.863. The Morgan fingerprint density at radius 1 is 1.39 bits per heavy atom. The zero-order chi connectivity index (χ0) is 13.0. The van der Waals surface area contributed by atoms with Gasteiger partial charge in [-0.3, -0.25) is 0 Å².